The van der Waals surface area contributed by atoms with Crippen LogP contribution in [0.15, 0.2) is 48.5 Å². The first kappa shape index (κ1) is 16.0. The smallest absolute Gasteiger partial charge is 0.330 e. The number of aromatic nitrogens is 1. The fourth-order valence-electron chi connectivity index (χ4n) is 2.09. The third kappa shape index (κ3) is 3.55. The fraction of sp³-hybridized carbons (Fsp3) is 0.111. The minimum atomic E-state index is -0.413. The average molecular weight is 341 g/mol. The van der Waals surface area contributed by atoms with Crippen LogP contribution in [-0.4, -0.2) is 25.2 Å². The van der Waals surface area contributed by atoms with Crippen LogP contribution in [0.3, 0.4) is 0 Å². The first-order valence-corrected chi connectivity index (χ1v) is 7.99. The largest absolute Gasteiger partial charge is 0.493 e. The highest BCUT2D eigenvalue weighted by Crippen LogP contribution is 2.36. The Morgan fingerprint density at radius 3 is 2.71 bits per heavy atom. The molecule has 3 rings (SSSR count). The molecule has 1 aromatic heterocycles. The zero-order valence-corrected chi connectivity index (χ0v) is 14.0. The van der Waals surface area contributed by atoms with Crippen LogP contribution >= 0.6 is 11.3 Å². The van der Waals surface area contributed by atoms with E-state index < -0.39 is 5.97 Å². The van der Waals surface area contributed by atoms with E-state index in [-0.39, 0.29) is 0 Å². The van der Waals surface area contributed by atoms with Gasteiger partial charge in [-0.25, -0.2) is 9.78 Å². The molecule has 0 bridgehead atoms. The molecule has 24 heavy (non-hydrogen) atoms. The number of carbonyl (C=O) groups is 1. The molecule has 5 nitrogen and oxygen atoms in total. The highest BCUT2D eigenvalue weighted by atomic mass is 32.1. The maximum absolute atomic E-state index is 11.2. The molecule has 0 amide bonds. The lowest BCUT2D eigenvalue weighted by molar-refractivity contribution is -0.134. The minimum Gasteiger partial charge on any atom is -0.493 e. The normalized spacial score (nSPS) is 10.9. The number of esters is 1. The second-order valence-electron chi connectivity index (χ2n) is 4.82. The summed E-state index contributed by atoms with van der Waals surface area (Å²) in [6.45, 7) is 0. The molecule has 0 aliphatic heterocycles. The van der Waals surface area contributed by atoms with Crippen molar-refractivity contribution in [1.82, 2.24) is 4.98 Å². The predicted molar refractivity (Wildman–Crippen MR) is 93.7 cm³/mol. The van der Waals surface area contributed by atoms with Gasteiger partial charge in [-0.2, -0.15) is 0 Å². The summed E-state index contributed by atoms with van der Waals surface area (Å²) in [5, 5.41) is 0.548. The van der Waals surface area contributed by atoms with Gasteiger partial charge in [-0.1, -0.05) is 29.5 Å². The SMILES string of the molecule is COC(=O)/C=C/c1ccc(Oc2nc3ccccc3s2)c(OC)c1. The Kier molecular flexibility index (Phi) is 4.77. The highest BCUT2D eigenvalue weighted by molar-refractivity contribution is 7.20. The summed E-state index contributed by atoms with van der Waals surface area (Å²) in [6, 6.07) is 13.2. The third-order valence-electron chi connectivity index (χ3n) is 3.27. The monoisotopic (exact) mass is 341 g/mol. The van der Waals surface area contributed by atoms with E-state index in [9.17, 15) is 4.79 Å². The number of para-hydroxylation sites is 1. The van der Waals surface area contributed by atoms with Crippen molar-refractivity contribution in [3.8, 4) is 16.7 Å². The molecule has 0 saturated carbocycles. The summed E-state index contributed by atoms with van der Waals surface area (Å²) in [4.78, 5) is 15.6. The van der Waals surface area contributed by atoms with Crippen molar-refractivity contribution in [1.29, 1.82) is 0 Å². The molecule has 3 aromatic rings. The summed E-state index contributed by atoms with van der Waals surface area (Å²) in [7, 11) is 2.90. The number of hydrogen-bond donors (Lipinski definition) is 0. The number of nitrogens with zero attached hydrogens (tertiary/aromatic N) is 1. The first-order chi connectivity index (χ1) is 11.7. The molecule has 0 aliphatic rings. The van der Waals surface area contributed by atoms with Crippen molar-refractivity contribution in [2.45, 2.75) is 0 Å². The molecular formula is C18H15NO4S. The van der Waals surface area contributed by atoms with Gasteiger partial charge in [-0.15, -0.1) is 0 Å². The first-order valence-electron chi connectivity index (χ1n) is 7.17. The number of carbonyl (C=O) groups excluding carboxylic acids is 1. The molecule has 0 unspecified atom stereocenters. The Morgan fingerprint density at radius 2 is 1.96 bits per heavy atom. The fourth-order valence-corrected chi connectivity index (χ4v) is 2.92. The number of ether oxygens (including phenoxy) is 3. The maximum Gasteiger partial charge on any atom is 0.330 e. The topological polar surface area (TPSA) is 57.7 Å². The summed E-state index contributed by atoms with van der Waals surface area (Å²) in [5.74, 6) is 0.705. The summed E-state index contributed by atoms with van der Waals surface area (Å²) >= 11 is 1.47. The quantitative estimate of drug-likeness (QED) is 0.512. The molecule has 6 heteroatoms. The molecular weight excluding hydrogens is 326 g/mol. The van der Waals surface area contributed by atoms with Gasteiger partial charge in [0, 0.05) is 6.08 Å². The summed E-state index contributed by atoms with van der Waals surface area (Å²) < 4.78 is 16.9. The third-order valence-corrected chi connectivity index (χ3v) is 4.19. The van der Waals surface area contributed by atoms with Gasteiger partial charge >= 0.3 is 5.97 Å². The van der Waals surface area contributed by atoms with Gasteiger partial charge in [0.05, 0.1) is 24.4 Å². The van der Waals surface area contributed by atoms with E-state index in [1.54, 1.807) is 25.3 Å². The number of benzene rings is 2. The van der Waals surface area contributed by atoms with Gasteiger partial charge in [0.2, 0.25) is 0 Å². The average Bonchev–Trinajstić information content (AvgIpc) is 3.02. The standard InChI is InChI=1S/C18H15NO4S/c1-21-15-11-12(8-10-17(20)22-2)7-9-14(15)23-18-19-13-5-3-4-6-16(13)24-18/h3-11H,1-2H3/b10-8+. The number of hydrogen-bond acceptors (Lipinski definition) is 6. The van der Waals surface area contributed by atoms with Crippen LogP contribution in [0.4, 0.5) is 0 Å². The van der Waals surface area contributed by atoms with Crippen LogP contribution < -0.4 is 9.47 Å². The van der Waals surface area contributed by atoms with E-state index in [0.717, 1.165) is 15.8 Å². The number of thiazole rings is 1. The second-order valence-corrected chi connectivity index (χ2v) is 5.81. The number of fused-ring (bicyclic) bond motifs is 1. The van der Waals surface area contributed by atoms with Crippen LogP contribution in [0.1, 0.15) is 5.56 Å². The van der Waals surface area contributed by atoms with E-state index in [2.05, 4.69) is 9.72 Å². The van der Waals surface area contributed by atoms with Crippen LogP contribution in [0.5, 0.6) is 16.7 Å². The number of rotatable bonds is 5. The lowest BCUT2D eigenvalue weighted by atomic mass is 10.2. The van der Waals surface area contributed by atoms with Crippen molar-refractivity contribution in [2.75, 3.05) is 14.2 Å². The Balaban J connectivity index is 1.85. The second kappa shape index (κ2) is 7.14. The summed E-state index contributed by atoms with van der Waals surface area (Å²) in [6.07, 6.45) is 3.00. The van der Waals surface area contributed by atoms with Gasteiger partial charge in [0.25, 0.3) is 5.19 Å². The van der Waals surface area contributed by atoms with Gasteiger partial charge in [-0.05, 0) is 35.9 Å². The van der Waals surface area contributed by atoms with E-state index in [0.29, 0.717) is 16.7 Å². The Bertz CT molecular complexity index is 868. The zero-order chi connectivity index (χ0) is 16.9. The molecule has 0 spiro atoms. The van der Waals surface area contributed by atoms with E-state index >= 15 is 0 Å². The minimum absolute atomic E-state index is 0.413. The van der Waals surface area contributed by atoms with Gasteiger partial charge in [0.1, 0.15) is 0 Å². The molecule has 2 aromatic carbocycles. The maximum atomic E-state index is 11.2. The molecule has 0 N–H and O–H groups in total. The Labute approximate surface area is 143 Å². The van der Waals surface area contributed by atoms with Crippen LogP contribution in [0.25, 0.3) is 16.3 Å². The highest BCUT2D eigenvalue weighted by Gasteiger charge is 2.10. The van der Waals surface area contributed by atoms with E-state index in [1.807, 2.05) is 30.3 Å². The summed E-state index contributed by atoms with van der Waals surface area (Å²) in [5.41, 5.74) is 1.70. The van der Waals surface area contributed by atoms with Crippen molar-refractivity contribution >= 4 is 33.6 Å². The number of methoxy groups -OCH3 is 2. The molecule has 0 radical (unpaired) electrons. The van der Waals surface area contributed by atoms with Crippen molar-refractivity contribution in [3.05, 3.63) is 54.1 Å². The van der Waals surface area contributed by atoms with Gasteiger partial charge < -0.3 is 14.2 Å². The molecule has 0 saturated heterocycles. The Hall–Kier alpha value is -2.86. The molecule has 0 aliphatic carbocycles. The molecule has 1 heterocycles. The zero-order valence-electron chi connectivity index (χ0n) is 13.2. The van der Waals surface area contributed by atoms with Crippen LogP contribution in [0, 0.1) is 0 Å². The van der Waals surface area contributed by atoms with Crippen molar-refractivity contribution in [2.24, 2.45) is 0 Å². The van der Waals surface area contributed by atoms with E-state index in [1.165, 1.54) is 24.5 Å². The van der Waals surface area contributed by atoms with Crippen LogP contribution in [-0.2, 0) is 9.53 Å². The predicted octanol–water partition coefficient (Wildman–Crippen LogP) is 4.28. The lowest BCUT2D eigenvalue weighted by Gasteiger charge is -2.08. The van der Waals surface area contributed by atoms with Crippen molar-refractivity contribution in [3.63, 3.8) is 0 Å². The van der Waals surface area contributed by atoms with Gasteiger partial charge in [-0.3, -0.25) is 0 Å². The molecule has 0 fully saturated rings. The van der Waals surface area contributed by atoms with Crippen molar-refractivity contribution < 1.29 is 19.0 Å². The van der Waals surface area contributed by atoms with E-state index in [4.69, 9.17) is 9.47 Å². The molecule has 0 atom stereocenters. The van der Waals surface area contributed by atoms with Gasteiger partial charge in [0.15, 0.2) is 11.5 Å². The Morgan fingerprint density at radius 1 is 1.12 bits per heavy atom. The van der Waals surface area contributed by atoms with Crippen LogP contribution in [0.2, 0.25) is 0 Å². The molecule has 122 valence electrons. The lowest BCUT2D eigenvalue weighted by Crippen LogP contribution is -1.94.